The summed E-state index contributed by atoms with van der Waals surface area (Å²) < 4.78 is 35.5. The Labute approximate surface area is 196 Å². The third kappa shape index (κ3) is 3.77. The maximum atomic E-state index is 10.0. The highest BCUT2D eigenvalue weighted by atomic mass is 35.5. The van der Waals surface area contributed by atoms with E-state index in [0.717, 1.165) is 0 Å². The molecule has 0 amide bonds. The average molecular weight is 461 g/mol. The van der Waals surface area contributed by atoms with Crippen molar-refractivity contribution in [3.63, 3.8) is 0 Å². The minimum absolute atomic E-state index is 0.0351. The van der Waals surface area contributed by atoms with Gasteiger partial charge in [-0.05, 0) is 38.3 Å². The Morgan fingerprint density at radius 3 is 2.91 bits per heavy atom. The van der Waals surface area contributed by atoms with Crippen LogP contribution in [0.25, 0.3) is 11.0 Å². The molecule has 32 heavy (non-hydrogen) atoms. The highest BCUT2D eigenvalue weighted by molar-refractivity contribution is 6.32. The van der Waals surface area contributed by atoms with Gasteiger partial charge in [0.1, 0.15) is 12.1 Å². The fraction of sp³-hybridized carbons (Fsp3) is 0.545. The Morgan fingerprint density at radius 2 is 2.25 bits per heavy atom. The highest BCUT2D eigenvalue weighted by Gasteiger charge is 2.45. The molecule has 2 aliphatic rings. The van der Waals surface area contributed by atoms with Crippen LogP contribution in [0, 0.1) is 30.1 Å². The lowest BCUT2D eigenvalue weighted by Crippen LogP contribution is -2.54. The highest BCUT2D eigenvalue weighted by Crippen LogP contribution is 2.44. The summed E-state index contributed by atoms with van der Waals surface area (Å²) in [6.45, 7) is 6.43. The number of hydrogen-bond acceptors (Lipinski definition) is 8. The zero-order chi connectivity index (χ0) is 25.7. The molecule has 170 valence electrons. The normalized spacial score (nSPS) is 29.4. The van der Waals surface area contributed by atoms with Crippen LogP contribution < -0.4 is 5.73 Å². The smallest absolute Gasteiger partial charge is 0.164 e. The van der Waals surface area contributed by atoms with Crippen molar-refractivity contribution < 1.29 is 14.0 Å². The van der Waals surface area contributed by atoms with Crippen molar-refractivity contribution in [1.29, 1.82) is 5.26 Å². The minimum atomic E-state index is -2.11. The van der Waals surface area contributed by atoms with Crippen molar-refractivity contribution in [2.24, 2.45) is 11.8 Å². The van der Waals surface area contributed by atoms with Crippen LogP contribution in [0.15, 0.2) is 28.6 Å². The van der Waals surface area contributed by atoms with Gasteiger partial charge in [0, 0.05) is 33.5 Å². The second-order valence-corrected chi connectivity index (χ2v) is 8.24. The van der Waals surface area contributed by atoms with E-state index in [9.17, 15) is 13.1 Å². The number of fused-ring (bicyclic) bond motifs is 1. The molecular formula is C22H28ClN7O2. The number of ether oxygens (including phenoxy) is 1. The SMILES string of the molecule is [2H]C1=C(C(C)n2nc(C)c3c(N)ncnc32)C([2H])(OCC)C([2H])(C2CN(CCO)C2)C(C#N)=C1Cl. The van der Waals surface area contributed by atoms with Gasteiger partial charge in [0.25, 0.3) is 0 Å². The molecule has 0 radical (unpaired) electrons. The minimum Gasteiger partial charge on any atom is -0.395 e. The Kier molecular flexibility index (Phi) is 5.44. The van der Waals surface area contributed by atoms with Crippen LogP contribution in [-0.4, -0.2) is 68.7 Å². The van der Waals surface area contributed by atoms with E-state index >= 15 is 0 Å². The number of likely N-dealkylation sites (tertiary alicyclic amines) is 1. The van der Waals surface area contributed by atoms with E-state index in [1.807, 2.05) is 11.0 Å². The van der Waals surface area contributed by atoms with Crippen LogP contribution in [-0.2, 0) is 4.74 Å². The summed E-state index contributed by atoms with van der Waals surface area (Å²) >= 11 is 6.57. The fourth-order valence-corrected chi connectivity index (χ4v) is 4.59. The number of nitrogens with zero attached hydrogens (tertiary/aromatic N) is 6. The van der Waals surface area contributed by atoms with Crippen molar-refractivity contribution in [2.45, 2.75) is 32.9 Å². The zero-order valence-corrected chi connectivity index (χ0v) is 19.0. The number of aryl methyl sites for hydroxylation is 1. The molecule has 2 aromatic rings. The molecule has 3 N–H and O–H groups in total. The largest absolute Gasteiger partial charge is 0.395 e. The molecule has 2 aromatic heterocycles. The molecule has 10 heteroatoms. The molecule has 3 atom stereocenters. The van der Waals surface area contributed by atoms with Crippen molar-refractivity contribution in [3.05, 3.63) is 34.3 Å². The van der Waals surface area contributed by atoms with E-state index < -0.39 is 23.9 Å². The first-order chi connectivity index (χ1) is 16.6. The van der Waals surface area contributed by atoms with Crippen molar-refractivity contribution in [2.75, 3.05) is 38.6 Å². The first-order valence-corrected chi connectivity index (χ1v) is 10.9. The van der Waals surface area contributed by atoms with Crippen molar-refractivity contribution in [1.82, 2.24) is 24.6 Å². The van der Waals surface area contributed by atoms with Gasteiger partial charge in [0.15, 0.2) is 5.65 Å². The molecule has 1 saturated heterocycles. The molecule has 1 fully saturated rings. The third-order valence-electron chi connectivity index (χ3n) is 5.88. The predicted molar refractivity (Wildman–Crippen MR) is 122 cm³/mol. The molecule has 4 rings (SSSR count). The first kappa shape index (κ1) is 19.0. The number of hydrogen-bond donors (Lipinski definition) is 2. The number of halogens is 1. The summed E-state index contributed by atoms with van der Waals surface area (Å²) in [6, 6.07) is 0.991. The van der Waals surface area contributed by atoms with Gasteiger partial charge >= 0.3 is 0 Å². The van der Waals surface area contributed by atoms with Crippen LogP contribution in [0.4, 0.5) is 5.82 Å². The van der Waals surface area contributed by atoms with Crippen LogP contribution in [0.2, 0.25) is 0 Å². The second kappa shape index (κ2) is 9.16. The summed E-state index contributed by atoms with van der Waals surface area (Å²) in [7, 11) is 0. The zero-order valence-electron chi connectivity index (χ0n) is 21.3. The molecule has 1 aliphatic heterocycles. The Balaban J connectivity index is 1.92. The summed E-state index contributed by atoms with van der Waals surface area (Å²) in [6.07, 6.45) is -0.794. The number of aliphatic hydroxyl groups excluding tert-OH is 1. The predicted octanol–water partition coefficient (Wildman–Crippen LogP) is 2.18. The maximum Gasteiger partial charge on any atom is 0.164 e. The lowest BCUT2D eigenvalue weighted by molar-refractivity contribution is -0.0192. The van der Waals surface area contributed by atoms with Gasteiger partial charge in [0.2, 0.25) is 0 Å². The third-order valence-corrected chi connectivity index (χ3v) is 6.17. The van der Waals surface area contributed by atoms with Gasteiger partial charge in [-0.25, -0.2) is 14.6 Å². The van der Waals surface area contributed by atoms with E-state index in [0.29, 0.717) is 36.4 Å². The number of aliphatic hydroxyl groups is 1. The van der Waals surface area contributed by atoms with E-state index in [2.05, 4.69) is 15.1 Å². The quantitative estimate of drug-likeness (QED) is 0.643. The molecule has 3 heterocycles. The van der Waals surface area contributed by atoms with E-state index in [1.165, 1.54) is 11.0 Å². The molecular weight excluding hydrogens is 430 g/mol. The van der Waals surface area contributed by atoms with Crippen LogP contribution in [0.1, 0.15) is 29.7 Å². The summed E-state index contributed by atoms with van der Waals surface area (Å²) in [5.74, 6) is -2.11. The summed E-state index contributed by atoms with van der Waals surface area (Å²) in [4.78, 5) is 10.3. The number of allylic oxidation sites excluding steroid dienone is 2. The molecule has 0 aromatic carbocycles. The molecule has 9 nitrogen and oxygen atoms in total. The van der Waals surface area contributed by atoms with Crippen molar-refractivity contribution >= 4 is 28.5 Å². The van der Waals surface area contributed by atoms with E-state index in [4.69, 9.17) is 23.4 Å². The standard InChI is InChI=1S/C22H28ClN7O2/c1-4-32-20-15(13(3)30-22-18(12(2)28-30)21(25)26-11-27-22)7-17(23)16(8-24)19(20)14-9-29(10-14)5-6-31/h7,11,13-14,19-20,31H,4-6,9-10H2,1-3H3,(H2,25,26,27)/i7D,19D,20D. The Morgan fingerprint density at radius 1 is 1.50 bits per heavy atom. The van der Waals surface area contributed by atoms with E-state index in [-0.39, 0.29) is 41.3 Å². The van der Waals surface area contributed by atoms with E-state index in [1.54, 1.807) is 20.8 Å². The number of β-amino-alcohol motifs (C(OH)–C–C–N with tert-alkyl or cyclic N) is 1. The van der Waals surface area contributed by atoms with Crippen LogP contribution in [0.5, 0.6) is 0 Å². The summed E-state index contributed by atoms with van der Waals surface area (Å²) in [5.41, 5.74) is 7.00. The topological polar surface area (TPSA) is 126 Å². The van der Waals surface area contributed by atoms with Gasteiger partial charge in [-0.1, -0.05) is 11.6 Å². The Hall–Kier alpha value is -2.51. The maximum absolute atomic E-state index is 10.0. The molecule has 1 aliphatic carbocycles. The number of anilines is 1. The molecule has 3 unspecified atom stereocenters. The van der Waals surface area contributed by atoms with Crippen LogP contribution >= 0.6 is 11.6 Å². The number of nitrogens with two attached hydrogens (primary N) is 1. The number of rotatable bonds is 7. The molecule has 0 bridgehead atoms. The second-order valence-electron chi connectivity index (χ2n) is 7.86. The fourth-order valence-electron chi connectivity index (χ4n) is 4.35. The lowest BCUT2D eigenvalue weighted by Gasteiger charge is -2.47. The van der Waals surface area contributed by atoms with Crippen LogP contribution in [0.3, 0.4) is 0 Å². The van der Waals surface area contributed by atoms with Crippen molar-refractivity contribution in [3.8, 4) is 6.07 Å². The lowest BCUT2D eigenvalue weighted by atomic mass is 9.72. The molecule has 0 saturated carbocycles. The average Bonchev–Trinajstić information content (AvgIpc) is 3.13. The van der Waals surface area contributed by atoms with Gasteiger partial charge in [-0.3, -0.25) is 0 Å². The number of nitrogen functional groups attached to an aromatic ring is 1. The number of aromatic nitrogens is 4. The van der Waals surface area contributed by atoms with Gasteiger partial charge in [-0.2, -0.15) is 10.4 Å². The molecule has 0 spiro atoms. The number of nitriles is 1. The van der Waals surface area contributed by atoms with Gasteiger partial charge in [-0.15, -0.1) is 0 Å². The first-order valence-electron chi connectivity index (χ1n) is 12.0. The summed E-state index contributed by atoms with van der Waals surface area (Å²) in [5, 5.41) is 24.2. The van der Waals surface area contributed by atoms with Gasteiger partial charge in [0.05, 0.1) is 49.2 Å². The Bertz CT molecular complexity index is 1270. The monoisotopic (exact) mass is 460 g/mol. The van der Waals surface area contributed by atoms with Gasteiger partial charge < -0.3 is 20.5 Å².